The summed E-state index contributed by atoms with van der Waals surface area (Å²) in [6.07, 6.45) is 4.63. The van der Waals surface area contributed by atoms with Crippen molar-refractivity contribution in [1.82, 2.24) is 0 Å². The molecule has 19 atom stereocenters. The highest BCUT2D eigenvalue weighted by Gasteiger charge is 2.51. The third kappa shape index (κ3) is 18.7. The number of aliphatic hydroxyl groups is 10. The predicted octanol–water partition coefficient (Wildman–Crippen LogP) is 2.02. The zero-order chi connectivity index (χ0) is 48.4. The van der Waals surface area contributed by atoms with Crippen molar-refractivity contribution in [3.63, 3.8) is 0 Å². The van der Waals surface area contributed by atoms with Crippen LogP contribution in [-0.2, 0) is 28.5 Å². The van der Waals surface area contributed by atoms with Crippen LogP contribution in [0.25, 0.3) is 0 Å². The van der Waals surface area contributed by atoms with Crippen molar-refractivity contribution in [2.45, 2.75) is 177 Å². The second kappa shape index (κ2) is 27.4. The van der Waals surface area contributed by atoms with Crippen LogP contribution in [0.4, 0.5) is 0 Å². The van der Waals surface area contributed by atoms with Crippen LogP contribution < -0.4 is 0 Å². The molecule has 0 aromatic carbocycles. The standard InChI is InChI=1S/C48H74O17/c1-28-18-16-14-12-10-8-6-7-9-11-13-15-17-19-36(64-47-45(58)30(3)44(57)32(5)63-47)25-40-42(46(59)60)39(54)27-48(61,65-40)26-35(51)23-38(53)37(52)21-20-33(49)22-34(50)24-41(55)62-31(4)29(2)43(28)56/h6-19,28-40,42-45,47,49-54,56-58,61H,20-27H2,1-5H3,(H,59,60)/b7-6+,10-8+,11-9+,14-12+,15-13+,18-16+,19-17+. The number of carbonyl (C=O) groups is 2. The second-order valence-electron chi connectivity index (χ2n) is 17.8. The van der Waals surface area contributed by atoms with Gasteiger partial charge in [-0.25, -0.2) is 0 Å². The first-order valence-corrected chi connectivity index (χ1v) is 22.6. The molecule has 2 saturated heterocycles. The number of hydrogen-bond donors (Lipinski definition) is 11. The Balaban J connectivity index is 1.86. The Morgan fingerprint density at radius 3 is 1.77 bits per heavy atom. The topological polar surface area (TPSA) is 294 Å². The molecule has 3 heterocycles. The van der Waals surface area contributed by atoms with Gasteiger partial charge in [0, 0.05) is 43.4 Å². The number of carbonyl (C=O) groups excluding carboxylic acids is 1. The molecular weight excluding hydrogens is 849 g/mol. The van der Waals surface area contributed by atoms with Crippen molar-refractivity contribution >= 4 is 11.9 Å². The van der Waals surface area contributed by atoms with Gasteiger partial charge < -0.3 is 75.1 Å². The van der Waals surface area contributed by atoms with Gasteiger partial charge in [0.05, 0.1) is 73.6 Å². The summed E-state index contributed by atoms with van der Waals surface area (Å²) in [7, 11) is 0. The van der Waals surface area contributed by atoms with Gasteiger partial charge in [-0.1, -0.05) is 106 Å². The van der Waals surface area contributed by atoms with E-state index >= 15 is 0 Å². The summed E-state index contributed by atoms with van der Waals surface area (Å²) in [5, 5.41) is 118. The molecular formula is C48H74O17. The quantitative estimate of drug-likeness (QED) is 0.181. The number of fused-ring (bicyclic) bond motifs is 2. The molecule has 17 nitrogen and oxygen atoms in total. The Kier molecular flexibility index (Phi) is 23.6. The van der Waals surface area contributed by atoms with Crippen LogP contribution in [0.15, 0.2) is 85.1 Å². The van der Waals surface area contributed by atoms with Gasteiger partial charge in [-0.3, -0.25) is 9.59 Å². The van der Waals surface area contributed by atoms with Crippen LogP contribution >= 0.6 is 0 Å². The zero-order valence-corrected chi connectivity index (χ0v) is 38.0. The molecule has 0 amide bonds. The van der Waals surface area contributed by atoms with E-state index in [1.807, 2.05) is 37.3 Å². The van der Waals surface area contributed by atoms with Crippen molar-refractivity contribution in [1.29, 1.82) is 0 Å². The molecule has 0 aliphatic carbocycles. The van der Waals surface area contributed by atoms with Crippen LogP contribution in [-0.4, -0.2) is 160 Å². The van der Waals surface area contributed by atoms with E-state index in [1.54, 1.807) is 82.4 Å². The Morgan fingerprint density at radius 2 is 1.18 bits per heavy atom. The minimum absolute atomic E-state index is 0.100. The Hall–Kier alpha value is -3.40. The molecule has 368 valence electrons. The fraction of sp³-hybridized carbons (Fsp3) is 0.667. The van der Waals surface area contributed by atoms with Gasteiger partial charge in [-0.05, 0) is 33.1 Å². The summed E-state index contributed by atoms with van der Waals surface area (Å²) < 4.78 is 23.3. The maximum Gasteiger partial charge on any atom is 0.311 e. The molecule has 3 aliphatic rings. The zero-order valence-electron chi connectivity index (χ0n) is 38.0. The minimum Gasteiger partial charge on any atom is -0.481 e. The molecule has 2 fully saturated rings. The normalized spacial score (nSPS) is 45.5. The molecule has 3 rings (SSSR count). The number of aliphatic hydroxyl groups excluding tert-OH is 9. The summed E-state index contributed by atoms with van der Waals surface area (Å²) in [6, 6.07) is 0. The van der Waals surface area contributed by atoms with Gasteiger partial charge in [0.1, 0.15) is 18.1 Å². The average Bonchev–Trinajstić information content (AvgIpc) is 3.21. The van der Waals surface area contributed by atoms with Crippen molar-refractivity contribution in [3.8, 4) is 0 Å². The SMILES string of the molecule is CC1/C=C/C=C/C=C/C=C/C=C/C=C/C=C/C(OC2OC(C)C(O)C(C)C2O)CC2OC(O)(CC(O)CC(O)C(O)CCC(O)CC(O)CC(=O)OC(C)C(C)C1O)CC(O)C2C(=O)O. The van der Waals surface area contributed by atoms with Gasteiger partial charge in [0.2, 0.25) is 0 Å². The van der Waals surface area contributed by atoms with Gasteiger partial charge in [-0.2, -0.15) is 0 Å². The van der Waals surface area contributed by atoms with Crippen molar-refractivity contribution in [2.75, 3.05) is 0 Å². The number of esters is 1. The molecule has 19 unspecified atom stereocenters. The largest absolute Gasteiger partial charge is 0.481 e. The highest BCUT2D eigenvalue weighted by molar-refractivity contribution is 5.71. The molecule has 11 N–H and O–H groups in total. The summed E-state index contributed by atoms with van der Waals surface area (Å²) in [6.45, 7) is 8.46. The van der Waals surface area contributed by atoms with Gasteiger partial charge in [-0.15, -0.1) is 0 Å². The van der Waals surface area contributed by atoms with Gasteiger partial charge >= 0.3 is 11.9 Å². The van der Waals surface area contributed by atoms with Crippen LogP contribution in [0.5, 0.6) is 0 Å². The molecule has 0 spiro atoms. The van der Waals surface area contributed by atoms with E-state index in [9.17, 15) is 65.8 Å². The van der Waals surface area contributed by atoms with Crippen LogP contribution in [0.1, 0.15) is 86.0 Å². The lowest BCUT2D eigenvalue weighted by Crippen LogP contribution is -2.57. The van der Waals surface area contributed by atoms with Crippen LogP contribution in [0.3, 0.4) is 0 Å². The summed E-state index contributed by atoms with van der Waals surface area (Å²) in [5.41, 5.74) is 0. The van der Waals surface area contributed by atoms with E-state index in [-0.39, 0.29) is 31.6 Å². The molecule has 0 radical (unpaired) electrons. The van der Waals surface area contributed by atoms with E-state index in [2.05, 4.69) is 0 Å². The van der Waals surface area contributed by atoms with Gasteiger partial charge in [0.15, 0.2) is 12.1 Å². The van der Waals surface area contributed by atoms with Crippen LogP contribution in [0.2, 0.25) is 0 Å². The molecule has 65 heavy (non-hydrogen) atoms. The average molecular weight is 923 g/mol. The van der Waals surface area contributed by atoms with Crippen molar-refractivity contribution < 1.29 is 84.7 Å². The Morgan fingerprint density at radius 1 is 0.615 bits per heavy atom. The second-order valence-corrected chi connectivity index (χ2v) is 17.8. The highest BCUT2D eigenvalue weighted by Crippen LogP contribution is 2.38. The third-order valence-corrected chi connectivity index (χ3v) is 12.3. The third-order valence-electron chi connectivity index (χ3n) is 12.3. The van der Waals surface area contributed by atoms with E-state index < -0.39 is 147 Å². The molecule has 0 saturated carbocycles. The van der Waals surface area contributed by atoms with E-state index in [1.165, 1.54) is 0 Å². The number of cyclic esters (lactones) is 1. The molecule has 0 aromatic rings. The fourth-order valence-corrected chi connectivity index (χ4v) is 8.15. The molecule has 0 aromatic heterocycles. The molecule has 17 heteroatoms. The van der Waals surface area contributed by atoms with E-state index in [0.29, 0.717) is 0 Å². The number of carboxylic acid groups (broad SMARTS) is 1. The smallest absolute Gasteiger partial charge is 0.311 e. The first-order chi connectivity index (χ1) is 30.6. The Bertz CT molecular complexity index is 1660. The monoisotopic (exact) mass is 922 g/mol. The number of ether oxygens (including phenoxy) is 4. The predicted molar refractivity (Wildman–Crippen MR) is 238 cm³/mol. The number of allylic oxidation sites excluding steroid dienone is 12. The Labute approximate surface area is 382 Å². The number of hydrogen-bond acceptors (Lipinski definition) is 16. The lowest BCUT2D eigenvalue weighted by Gasteiger charge is -2.45. The number of carboxylic acids is 1. The summed E-state index contributed by atoms with van der Waals surface area (Å²) in [4.78, 5) is 25.1. The van der Waals surface area contributed by atoms with Crippen molar-refractivity contribution in [3.05, 3.63) is 85.1 Å². The maximum absolute atomic E-state index is 12.6. The van der Waals surface area contributed by atoms with Gasteiger partial charge in [0.25, 0.3) is 0 Å². The lowest BCUT2D eigenvalue weighted by molar-refractivity contribution is -0.311. The maximum atomic E-state index is 12.6. The lowest BCUT2D eigenvalue weighted by atomic mass is 9.82. The van der Waals surface area contributed by atoms with E-state index in [0.717, 1.165) is 0 Å². The number of aliphatic carboxylic acids is 1. The minimum atomic E-state index is -2.31. The summed E-state index contributed by atoms with van der Waals surface area (Å²) in [5.74, 6) is -7.40. The fourth-order valence-electron chi connectivity index (χ4n) is 8.15. The summed E-state index contributed by atoms with van der Waals surface area (Å²) >= 11 is 0. The van der Waals surface area contributed by atoms with E-state index in [4.69, 9.17) is 18.9 Å². The number of rotatable bonds is 3. The molecule has 2 bridgehead atoms. The first-order valence-electron chi connectivity index (χ1n) is 22.6. The highest BCUT2D eigenvalue weighted by atomic mass is 16.7. The first kappa shape index (κ1) is 55.9. The van der Waals surface area contributed by atoms with Crippen molar-refractivity contribution in [2.24, 2.45) is 23.7 Å². The van der Waals surface area contributed by atoms with Crippen LogP contribution in [0, 0.1) is 23.7 Å². The molecule has 3 aliphatic heterocycles.